The first-order valence-corrected chi connectivity index (χ1v) is 6.71. The molecule has 1 unspecified atom stereocenters. The largest absolute Gasteiger partial charge is 0.458 e. The molecule has 1 aliphatic rings. The van der Waals surface area contributed by atoms with Gasteiger partial charge in [-0.3, -0.25) is 4.79 Å². The monoisotopic (exact) mass is 285 g/mol. The number of nitrogens with zero attached hydrogens (tertiary/aromatic N) is 1. The Kier molecular flexibility index (Phi) is 4.97. The Bertz CT molecular complexity index is 403. The summed E-state index contributed by atoms with van der Waals surface area (Å²) in [6.07, 6.45) is 1.31. The molecule has 2 atom stereocenters. The van der Waals surface area contributed by atoms with Crippen molar-refractivity contribution in [3.8, 4) is 0 Å². The highest BCUT2D eigenvalue weighted by molar-refractivity contribution is 5.90. The number of urea groups is 1. The van der Waals surface area contributed by atoms with E-state index in [-0.39, 0.29) is 5.91 Å². The van der Waals surface area contributed by atoms with Gasteiger partial charge in [0, 0.05) is 6.54 Å². The number of likely N-dealkylation sites (tertiary alicyclic amines) is 1. The molecule has 3 amide bonds. The highest BCUT2D eigenvalue weighted by Gasteiger charge is 2.38. The maximum absolute atomic E-state index is 12.2. The predicted octanol–water partition coefficient (Wildman–Crippen LogP) is 0.376. The lowest BCUT2D eigenvalue weighted by Gasteiger charge is -2.29. The average Bonchev–Trinajstić information content (AvgIpc) is 2.73. The Morgan fingerprint density at radius 2 is 1.95 bits per heavy atom. The van der Waals surface area contributed by atoms with Crippen molar-refractivity contribution in [3.63, 3.8) is 0 Å². The molecule has 0 saturated carbocycles. The van der Waals surface area contributed by atoms with Gasteiger partial charge in [-0.15, -0.1) is 0 Å². The SMILES string of the molecule is CC(NC(N)=O)C(=O)N1CCC[C@H]1C(=O)OC(C)(C)C. The Balaban J connectivity index is 2.71. The number of rotatable bonds is 3. The second-order valence-corrected chi connectivity index (χ2v) is 5.95. The van der Waals surface area contributed by atoms with Gasteiger partial charge in [0.1, 0.15) is 17.7 Å². The smallest absolute Gasteiger partial charge is 0.329 e. The third-order valence-electron chi connectivity index (χ3n) is 2.94. The lowest BCUT2D eigenvalue weighted by atomic mass is 10.1. The van der Waals surface area contributed by atoms with Crippen molar-refractivity contribution in [2.24, 2.45) is 5.73 Å². The number of hydrogen-bond acceptors (Lipinski definition) is 4. The van der Waals surface area contributed by atoms with Gasteiger partial charge in [0.2, 0.25) is 5.91 Å². The van der Waals surface area contributed by atoms with Gasteiger partial charge in [-0.2, -0.15) is 0 Å². The van der Waals surface area contributed by atoms with Crippen molar-refractivity contribution in [2.75, 3.05) is 6.54 Å². The van der Waals surface area contributed by atoms with Gasteiger partial charge in [-0.05, 0) is 40.5 Å². The van der Waals surface area contributed by atoms with Crippen LogP contribution in [0.15, 0.2) is 0 Å². The number of nitrogens with one attached hydrogen (secondary N) is 1. The molecule has 1 fully saturated rings. The molecule has 1 aliphatic heterocycles. The van der Waals surface area contributed by atoms with Crippen molar-refractivity contribution in [2.45, 2.75) is 58.2 Å². The van der Waals surface area contributed by atoms with Crippen molar-refractivity contribution in [3.05, 3.63) is 0 Å². The van der Waals surface area contributed by atoms with Gasteiger partial charge in [-0.1, -0.05) is 0 Å². The quantitative estimate of drug-likeness (QED) is 0.732. The number of hydrogen-bond donors (Lipinski definition) is 2. The highest BCUT2D eigenvalue weighted by atomic mass is 16.6. The predicted molar refractivity (Wildman–Crippen MR) is 72.8 cm³/mol. The summed E-state index contributed by atoms with van der Waals surface area (Å²) in [5, 5.41) is 2.32. The van der Waals surface area contributed by atoms with E-state index in [1.165, 1.54) is 11.8 Å². The molecular formula is C13H23N3O4. The molecule has 7 heteroatoms. The maximum atomic E-state index is 12.2. The van der Waals surface area contributed by atoms with E-state index in [1.54, 1.807) is 20.8 Å². The van der Waals surface area contributed by atoms with Crippen molar-refractivity contribution in [1.82, 2.24) is 10.2 Å². The summed E-state index contributed by atoms with van der Waals surface area (Å²) in [6, 6.07) is -2.10. The fourth-order valence-electron chi connectivity index (χ4n) is 2.17. The van der Waals surface area contributed by atoms with E-state index in [0.29, 0.717) is 13.0 Å². The van der Waals surface area contributed by atoms with Crippen LogP contribution in [0.2, 0.25) is 0 Å². The van der Waals surface area contributed by atoms with Gasteiger partial charge in [0.15, 0.2) is 0 Å². The van der Waals surface area contributed by atoms with E-state index in [9.17, 15) is 14.4 Å². The maximum Gasteiger partial charge on any atom is 0.329 e. The Labute approximate surface area is 118 Å². The van der Waals surface area contributed by atoms with E-state index in [1.807, 2.05) is 0 Å². The van der Waals surface area contributed by atoms with Crippen LogP contribution < -0.4 is 11.1 Å². The first kappa shape index (κ1) is 16.3. The summed E-state index contributed by atoms with van der Waals surface area (Å²) in [7, 11) is 0. The summed E-state index contributed by atoms with van der Waals surface area (Å²) < 4.78 is 5.32. The van der Waals surface area contributed by atoms with Crippen molar-refractivity contribution in [1.29, 1.82) is 0 Å². The fraction of sp³-hybridized carbons (Fsp3) is 0.769. The summed E-state index contributed by atoms with van der Waals surface area (Å²) in [4.78, 5) is 36.5. The zero-order valence-corrected chi connectivity index (χ0v) is 12.4. The van der Waals surface area contributed by atoms with Crippen LogP contribution in [0.1, 0.15) is 40.5 Å². The normalized spacial score (nSPS) is 20.4. The lowest BCUT2D eigenvalue weighted by molar-refractivity contribution is -0.163. The molecule has 114 valence electrons. The number of amides is 3. The van der Waals surface area contributed by atoms with Gasteiger partial charge >= 0.3 is 12.0 Å². The van der Waals surface area contributed by atoms with Crippen LogP contribution >= 0.6 is 0 Å². The van der Waals surface area contributed by atoms with Crippen LogP contribution in [0.3, 0.4) is 0 Å². The molecule has 3 N–H and O–H groups in total. The van der Waals surface area contributed by atoms with Crippen LogP contribution in [0.25, 0.3) is 0 Å². The van der Waals surface area contributed by atoms with Crippen LogP contribution in [0.5, 0.6) is 0 Å². The summed E-state index contributed by atoms with van der Waals surface area (Å²) in [5.41, 5.74) is 4.40. The second kappa shape index (κ2) is 6.11. The molecule has 7 nitrogen and oxygen atoms in total. The Morgan fingerprint density at radius 3 is 2.45 bits per heavy atom. The summed E-state index contributed by atoms with van der Waals surface area (Å²) >= 11 is 0. The van der Waals surface area contributed by atoms with Gasteiger partial charge in [-0.25, -0.2) is 9.59 Å². The fourth-order valence-corrected chi connectivity index (χ4v) is 2.17. The van der Waals surface area contributed by atoms with Crippen molar-refractivity contribution < 1.29 is 19.1 Å². The highest BCUT2D eigenvalue weighted by Crippen LogP contribution is 2.21. The van der Waals surface area contributed by atoms with Crippen LogP contribution in [0, 0.1) is 0 Å². The number of carbonyl (C=O) groups is 3. The Hall–Kier alpha value is -1.79. The summed E-state index contributed by atoms with van der Waals surface area (Å²) in [5.74, 6) is -0.730. The minimum atomic E-state index is -0.765. The molecular weight excluding hydrogens is 262 g/mol. The van der Waals surface area contributed by atoms with E-state index >= 15 is 0 Å². The Morgan fingerprint density at radius 1 is 1.35 bits per heavy atom. The molecule has 0 aromatic heterocycles. The topological polar surface area (TPSA) is 102 Å². The number of esters is 1. The molecule has 0 aromatic rings. The zero-order chi connectivity index (χ0) is 15.5. The zero-order valence-electron chi connectivity index (χ0n) is 12.4. The van der Waals surface area contributed by atoms with E-state index in [0.717, 1.165) is 6.42 Å². The molecule has 20 heavy (non-hydrogen) atoms. The standard InChI is InChI=1S/C13H23N3O4/c1-8(15-12(14)19)10(17)16-7-5-6-9(16)11(18)20-13(2,3)4/h8-9H,5-7H2,1-4H3,(H3,14,15,19)/t8?,9-/m0/s1. The minimum Gasteiger partial charge on any atom is -0.458 e. The van der Waals surface area contributed by atoms with E-state index < -0.39 is 29.7 Å². The van der Waals surface area contributed by atoms with Crippen molar-refractivity contribution >= 4 is 17.9 Å². The molecule has 0 aliphatic carbocycles. The molecule has 1 saturated heterocycles. The molecule has 1 rings (SSSR count). The van der Waals surface area contributed by atoms with Gasteiger partial charge in [0.25, 0.3) is 0 Å². The third-order valence-corrected chi connectivity index (χ3v) is 2.94. The van der Waals surface area contributed by atoms with Gasteiger partial charge in [0.05, 0.1) is 0 Å². The molecule has 0 aromatic carbocycles. The minimum absolute atomic E-state index is 0.322. The second-order valence-electron chi connectivity index (χ2n) is 5.95. The summed E-state index contributed by atoms with van der Waals surface area (Å²) in [6.45, 7) is 7.36. The van der Waals surface area contributed by atoms with Crippen LogP contribution in [-0.2, 0) is 14.3 Å². The van der Waals surface area contributed by atoms with Crippen LogP contribution in [0.4, 0.5) is 4.79 Å². The number of carbonyl (C=O) groups excluding carboxylic acids is 3. The first-order chi connectivity index (χ1) is 9.11. The van der Waals surface area contributed by atoms with E-state index in [4.69, 9.17) is 10.5 Å². The van der Waals surface area contributed by atoms with Crippen LogP contribution in [-0.4, -0.2) is 47.0 Å². The number of ether oxygens (including phenoxy) is 1. The third kappa shape index (κ3) is 4.40. The number of nitrogens with two attached hydrogens (primary N) is 1. The number of primary amides is 1. The molecule has 0 bridgehead atoms. The molecule has 0 spiro atoms. The molecule has 1 heterocycles. The average molecular weight is 285 g/mol. The lowest BCUT2D eigenvalue weighted by Crippen LogP contribution is -2.52. The molecule has 0 radical (unpaired) electrons. The first-order valence-electron chi connectivity index (χ1n) is 6.71. The van der Waals surface area contributed by atoms with Gasteiger partial charge < -0.3 is 20.7 Å². The van der Waals surface area contributed by atoms with E-state index in [2.05, 4.69) is 5.32 Å².